The summed E-state index contributed by atoms with van der Waals surface area (Å²) >= 11 is 0. The van der Waals surface area contributed by atoms with Gasteiger partial charge >= 0.3 is 0 Å². The van der Waals surface area contributed by atoms with Crippen LogP contribution in [0.5, 0.6) is 5.88 Å². The van der Waals surface area contributed by atoms with Gasteiger partial charge in [-0.25, -0.2) is 4.98 Å². The van der Waals surface area contributed by atoms with Crippen LogP contribution in [-0.4, -0.2) is 33.7 Å². The Bertz CT molecular complexity index is 893. The normalized spacial score (nSPS) is 28.4. The third-order valence-electron chi connectivity index (χ3n) is 5.91. The minimum Gasteiger partial charge on any atom is -0.456 e. The van der Waals surface area contributed by atoms with E-state index >= 15 is 0 Å². The number of fused-ring (bicyclic) bond motifs is 4. The van der Waals surface area contributed by atoms with Crippen LogP contribution in [0.2, 0.25) is 0 Å². The lowest BCUT2D eigenvalue weighted by Gasteiger charge is -2.51. The number of aromatic amines is 1. The zero-order valence-corrected chi connectivity index (χ0v) is 14.5. The molecule has 1 atom stereocenters. The lowest BCUT2D eigenvalue weighted by molar-refractivity contribution is -0.143. The van der Waals surface area contributed by atoms with Gasteiger partial charge in [0.2, 0.25) is 5.88 Å². The molecule has 0 aliphatic carbocycles. The van der Waals surface area contributed by atoms with E-state index in [-0.39, 0.29) is 5.72 Å². The smallest absolute Gasteiger partial charge is 0.214 e. The second-order valence-corrected chi connectivity index (χ2v) is 7.54. The van der Waals surface area contributed by atoms with E-state index in [1.807, 2.05) is 18.3 Å². The van der Waals surface area contributed by atoms with Crippen LogP contribution in [0.25, 0.3) is 22.0 Å². The number of piperidine rings is 3. The Labute approximate surface area is 147 Å². The molecule has 0 saturated carbocycles. The molecule has 3 aliphatic rings. The van der Waals surface area contributed by atoms with Crippen molar-refractivity contribution in [3.05, 3.63) is 48.8 Å². The molecule has 128 valence electrons. The Balaban J connectivity index is 1.40. The van der Waals surface area contributed by atoms with Crippen LogP contribution in [0.3, 0.4) is 0 Å². The summed E-state index contributed by atoms with van der Waals surface area (Å²) in [6.07, 6.45) is 7.71. The highest BCUT2D eigenvalue weighted by Crippen LogP contribution is 2.40. The zero-order valence-electron chi connectivity index (χ0n) is 14.5. The second-order valence-electron chi connectivity index (χ2n) is 7.54. The highest BCUT2D eigenvalue weighted by atomic mass is 16.5. The van der Waals surface area contributed by atoms with Crippen LogP contribution in [-0.2, 0) is 0 Å². The van der Waals surface area contributed by atoms with Gasteiger partial charge in [-0.15, -0.1) is 0 Å². The van der Waals surface area contributed by atoms with E-state index in [1.165, 1.54) is 23.8 Å². The first-order chi connectivity index (χ1) is 12.2. The molecule has 25 heavy (non-hydrogen) atoms. The molecule has 0 spiro atoms. The van der Waals surface area contributed by atoms with Gasteiger partial charge in [0.15, 0.2) is 5.72 Å². The third-order valence-corrected chi connectivity index (χ3v) is 5.91. The van der Waals surface area contributed by atoms with Gasteiger partial charge in [0.05, 0.1) is 0 Å². The fraction of sp³-hybridized carbons (Fsp3) is 0.381. The maximum Gasteiger partial charge on any atom is 0.214 e. The lowest BCUT2D eigenvalue weighted by Crippen LogP contribution is -2.59. The van der Waals surface area contributed by atoms with Crippen molar-refractivity contribution in [1.29, 1.82) is 0 Å². The number of aromatic nitrogens is 2. The maximum atomic E-state index is 6.34. The van der Waals surface area contributed by atoms with Crippen molar-refractivity contribution >= 4 is 10.9 Å². The number of benzene rings is 1. The average molecular weight is 333 g/mol. The van der Waals surface area contributed by atoms with Crippen LogP contribution < -0.4 is 4.74 Å². The minimum atomic E-state index is -0.198. The summed E-state index contributed by atoms with van der Waals surface area (Å²) in [7, 11) is 0. The number of ether oxygens (including phenoxy) is 1. The SMILES string of the molecule is CC1(Oc2ccc(-c3c[nH]c4ccccc34)cn2)CC2CCN1CC2. The predicted octanol–water partition coefficient (Wildman–Crippen LogP) is 4.44. The quantitative estimate of drug-likeness (QED) is 0.770. The fourth-order valence-corrected chi connectivity index (χ4v) is 4.52. The average Bonchev–Trinajstić information content (AvgIpc) is 3.07. The number of rotatable bonds is 3. The zero-order chi connectivity index (χ0) is 16.9. The van der Waals surface area contributed by atoms with E-state index in [4.69, 9.17) is 4.74 Å². The number of nitrogens with one attached hydrogen (secondary N) is 1. The molecule has 0 amide bonds. The van der Waals surface area contributed by atoms with E-state index in [0.29, 0.717) is 0 Å². The van der Waals surface area contributed by atoms with Gasteiger partial charge in [0, 0.05) is 60.0 Å². The highest BCUT2D eigenvalue weighted by molar-refractivity contribution is 5.95. The van der Waals surface area contributed by atoms with Gasteiger partial charge in [0.25, 0.3) is 0 Å². The van der Waals surface area contributed by atoms with Crippen molar-refractivity contribution in [3.8, 4) is 17.0 Å². The first-order valence-corrected chi connectivity index (χ1v) is 9.18. The first kappa shape index (κ1) is 15.0. The predicted molar refractivity (Wildman–Crippen MR) is 99.5 cm³/mol. The topological polar surface area (TPSA) is 41.1 Å². The highest BCUT2D eigenvalue weighted by Gasteiger charge is 2.44. The number of H-pyrrole nitrogens is 1. The summed E-state index contributed by atoms with van der Waals surface area (Å²) in [4.78, 5) is 10.4. The maximum absolute atomic E-state index is 6.34. The molecule has 3 fully saturated rings. The van der Waals surface area contributed by atoms with E-state index in [9.17, 15) is 0 Å². The molecule has 3 saturated heterocycles. The lowest BCUT2D eigenvalue weighted by atomic mass is 9.82. The molecule has 3 aromatic rings. The van der Waals surface area contributed by atoms with Crippen molar-refractivity contribution in [2.24, 2.45) is 5.92 Å². The summed E-state index contributed by atoms with van der Waals surface area (Å²) in [5, 5.41) is 1.22. The molecule has 1 N–H and O–H groups in total. The monoisotopic (exact) mass is 333 g/mol. The molecule has 4 heteroatoms. The van der Waals surface area contributed by atoms with Gasteiger partial charge in [0.1, 0.15) is 0 Å². The second kappa shape index (κ2) is 5.60. The van der Waals surface area contributed by atoms with E-state index in [0.717, 1.165) is 42.4 Å². The largest absolute Gasteiger partial charge is 0.456 e. The Morgan fingerprint density at radius 3 is 2.72 bits per heavy atom. The third kappa shape index (κ3) is 2.52. The van der Waals surface area contributed by atoms with Crippen molar-refractivity contribution < 1.29 is 4.74 Å². The van der Waals surface area contributed by atoms with Gasteiger partial charge in [-0.05, 0) is 37.8 Å². The van der Waals surface area contributed by atoms with Gasteiger partial charge < -0.3 is 9.72 Å². The summed E-state index contributed by atoms with van der Waals surface area (Å²) in [5.74, 6) is 1.53. The molecule has 6 rings (SSSR count). The van der Waals surface area contributed by atoms with Gasteiger partial charge in [-0.1, -0.05) is 18.2 Å². The van der Waals surface area contributed by atoms with Crippen molar-refractivity contribution in [3.63, 3.8) is 0 Å². The van der Waals surface area contributed by atoms with Crippen molar-refractivity contribution in [2.45, 2.75) is 31.9 Å². The fourth-order valence-electron chi connectivity index (χ4n) is 4.52. The Morgan fingerprint density at radius 1 is 1.16 bits per heavy atom. The molecule has 1 aromatic carbocycles. The van der Waals surface area contributed by atoms with Crippen molar-refractivity contribution in [1.82, 2.24) is 14.9 Å². The number of hydrogen-bond acceptors (Lipinski definition) is 3. The molecule has 3 aliphatic heterocycles. The molecule has 4 nitrogen and oxygen atoms in total. The molecular formula is C21H23N3O. The number of hydrogen-bond donors (Lipinski definition) is 1. The molecular weight excluding hydrogens is 310 g/mol. The van der Waals surface area contributed by atoms with Crippen LogP contribution in [0.4, 0.5) is 0 Å². The van der Waals surface area contributed by atoms with Crippen LogP contribution in [0.1, 0.15) is 26.2 Å². The van der Waals surface area contributed by atoms with Gasteiger partial charge in [-0.3, -0.25) is 4.90 Å². The Kier molecular flexibility index (Phi) is 3.35. The summed E-state index contributed by atoms with van der Waals surface area (Å²) in [5.41, 5.74) is 3.24. The summed E-state index contributed by atoms with van der Waals surface area (Å²) < 4.78 is 6.34. The van der Waals surface area contributed by atoms with E-state index < -0.39 is 0 Å². The number of nitrogens with zero attached hydrogens (tertiary/aromatic N) is 2. The van der Waals surface area contributed by atoms with Crippen LogP contribution >= 0.6 is 0 Å². The van der Waals surface area contributed by atoms with Crippen LogP contribution in [0.15, 0.2) is 48.8 Å². The van der Waals surface area contributed by atoms with Crippen LogP contribution in [0, 0.1) is 5.92 Å². The molecule has 0 radical (unpaired) electrons. The standard InChI is InChI=1S/C21H23N3O/c1-21(12-15-8-10-24(21)11-9-15)25-20-7-6-16(13-23-20)18-14-22-19-5-3-2-4-17(18)19/h2-7,13-15,22H,8-12H2,1H3. The number of pyridine rings is 1. The molecule has 5 heterocycles. The summed E-state index contributed by atoms with van der Waals surface area (Å²) in [6, 6.07) is 12.5. The van der Waals surface area contributed by atoms with E-state index in [2.05, 4.69) is 52.3 Å². The first-order valence-electron chi connectivity index (χ1n) is 9.18. The molecule has 2 aromatic heterocycles. The van der Waals surface area contributed by atoms with E-state index in [1.54, 1.807) is 0 Å². The molecule has 1 unspecified atom stereocenters. The van der Waals surface area contributed by atoms with Crippen molar-refractivity contribution in [2.75, 3.05) is 13.1 Å². The summed E-state index contributed by atoms with van der Waals surface area (Å²) in [6.45, 7) is 4.51. The Morgan fingerprint density at radius 2 is 2.00 bits per heavy atom. The Hall–Kier alpha value is -2.33. The molecule has 2 bridgehead atoms. The minimum absolute atomic E-state index is 0.198. The van der Waals surface area contributed by atoms with Gasteiger partial charge in [-0.2, -0.15) is 0 Å². The number of para-hydroxylation sites is 1.